The van der Waals surface area contributed by atoms with Gasteiger partial charge in [-0.3, -0.25) is 4.79 Å². The van der Waals surface area contributed by atoms with Gasteiger partial charge in [0.05, 0.1) is 6.42 Å². The van der Waals surface area contributed by atoms with E-state index in [1.807, 2.05) is 40.0 Å². The van der Waals surface area contributed by atoms with Gasteiger partial charge in [-0.2, -0.15) is 0 Å². The standard InChI is InChI=1S/C18H27NO.C9H13NS.C2H6.CH5N/c1-7-10-11-14(5)15(6)17(12-18(19)20)16(9-3)13(4)8-2;1-10-7-8-3-5-9(11-2)6-4-8;2*1-2/h7,10-11H,1,5,8-9,12H2,2-4,6H3,(H2,19,20);3-6,10H,7H2,1-2H3;1-2H3;2H2,1H3/b11-10-,16-13+,17-15+;;;. The Hall–Kier alpha value is -2.34. The number of carbonyl (C=O) groups is 1. The summed E-state index contributed by atoms with van der Waals surface area (Å²) < 4.78 is 0. The second kappa shape index (κ2) is 24.8. The predicted octanol–water partition coefficient (Wildman–Crippen LogP) is 7.34. The number of amides is 1. The molecule has 35 heavy (non-hydrogen) atoms. The summed E-state index contributed by atoms with van der Waals surface area (Å²) in [5, 5.41) is 3.11. The lowest BCUT2D eigenvalue weighted by Crippen LogP contribution is -2.13. The molecule has 198 valence electrons. The van der Waals surface area contributed by atoms with Gasteiger partial charge < -0.3 is 16.8 Å². The fourth-order valence-corrected chi connectivity index (χ4v) is 3.48. The number of carbonyl (C=O) groups excluding carboxylic acids is 1. The summed E-state index contributed by atoms with van der Waals surface area (Å²) in [4.78, 5) is 12.7. The van der Waals surface area contributed by atoms with Crippen molar-refractivity contribution in [3.8, 4) is 0 Å². The van der Waals surface area contributed by atoms with Gasteiger partial charge in [-0.25, -0.2) is 0 Å². The average molecular weight is 502 g/mol. The van der Waals surface area contributed by atoms with Gasteiger partial charge in [-0.15, -0.1) is 11.8 Å². The number of rotatable bonds is 11. The molecule has 1 aromatic carbocycles. The van der Waals surface area contributed by atoms with E-state index in [1.54, 1.807) is 17.8 Å². The summed E-state index contributed by atoms with van der Waals surface area (Å²) in [6.07, 6.45) is 9.65. The summed E-state index contributed by atoms with van der Waals surface area (Å²) in [6.45, 7) is 21.0. The highest BCUT2D eigenvalue weighted by molar-refractivity contribution is 7.98. The fourth-order valence-electron chi connectivity index (χ4n) is 3.08. The number of benzene rings is 1. The number of nitrogens with one attached hydrogen (secondary N) is 1. The molecule has 1 rings (SSSR count). The van der Waals surface area contributed by atoms with E-state index in [0.717, 1.165) is 36.1 Å². The van der Waals surface area contributed by atoms with E-state index in [9.17, 15) is 4.79 Å². The second-order valence-corrected chi connectivity index (χ2v) is 8.09. The van der Waals surface area contributed by atoms with Gasteiger partial charge in [-0.05, 0) is 87.0 Å². The number of primary amides is 1. The Morgan fingerprint density at radius 1 is 1.06 bits per heavy atom. The molecule has 0 spiro atoms. The molecule has 0 unspecified atom stereocenters. The average Bonchev–Trinajstić information content (AvgIpc) is 2.89. The Morgan fingerprint density at radius 2 is 1.60 bits per heavy atom. The molecule has 4 nitrogen and oxygen atoms in total. The first-order valence-electron chi connectivity index (χ1n) is 12.3. The summed E-state index contributed by atoms with van der Waals surface area (Å²) in [5.74, 6) is -0.310. The van der Waals surface area contributed by atoms with Crippen LogP contribution < -0.4 is 16.8 Å². The van der Waals surface area contributed by atoms with Crippen LogP contribution in [0.1, 0.15) is 66.4 Å². The highest BCUT2D eigenvalue weighted by atomic mass is 32.2. The third-order valence-electron chi connectivity index (χ3n) is 5.02. The molecule has 0 aliphatic heterocycles. The van der Waals surface area contributed by atoms with Gasteiger partial charge in [0, 0.05) is 11.4 Å². The largest absolute Gasteiger partial charge is 0.369 e. The first-order valence-corrected chi connectivity index (χ1v) is 13.5. The van der Waals surface area contributed by atoms with Gasteiger partial charge in [0.15, 0.2) is 0 Å². The molecule has 0 bridgehead atoms. The molecule has 0 radical (unpaired) electrons. The number of hydrogen-bond acceptors (Lipinski definition) is 4. The van der Waals surface area contributed by atoms with E-state index < -0.39 is 0 Å². The van der Waals surface area contributed by atoms with Crippen LogP contribution in [0.2, 0.25) is 0 Å². The molecule has 0 aliphatic rings. The van der Waals surface area contributed by atoms with Gasteiger partial charge in [-0.1, -0.05) is 76.8 Å². The predicted molar refractivity (Wildman–Crippen MR) is 161 cm³/mol. The lowest BCUT2D eigenvalue weighted by atomic mass is 9.88. The normalized spacial score (nSPS) is 11.4. The van der Waals surface area contributed by atoms with Crippen LogP contribution in [0.4, 0.5) is 0 Å². The van der Waals surface area contributed by atoms with E-state index in [0.29, 0.717) is 0 Å². The van der Waals surface area contributed by atoms with Crippen molar-refractivity contribution in [1.82, 2.24) is 5.32 Å². The number of thioether (sulfide) groups is 1. The summed E-state index contributed by atoms with van der Waals surface area (Å²) in [5.41, 5.74) is 16.7. The SMILES string of the molecule is C=C/C=C\C(=C)/C(C)=C(CC(N)=O)/C(CC)=C(\C)CC.CC.CN.CNCc1ccc(SC)cc1. The van der Waals surface area contributed by atoms with Crippen LogP contribution in [-0.4, -0.2) is 26.3 Å². The minimum atomic E-state index is -0.310. The molecule has 0 atom stereocenters. The zero-order valence-corrected chi connectivity index (χ0v) is 24.6. The molecular weight excluding hydrogens is 450 g/mol. The van der Waals surface area contributed by atoms with E-state index in [1.165, 1.54) is 28.7 Å². The molecule has 0 saturated heterocycles. The van der Waals surface area contributed by atoms with Crippen LogP contribution in [-0.2, 0) is 11.3 Å². The van der Waals surface area contributed by atoms with Gasteiger partial charge in [0.2, 0.25) is 5.91 Å². The Morgan fingerprint density at radius 3 is 1.97 bits per heavy atom. The van der Waals surface area contributed by atoms with Crippen LogP contribution in [0, 0.1) is 0 Å². The maximum Gasteiger partial charge on any atom is 0.221 e. The monoisotopic (exact) mass is 501 g/mol. The number of hydrogen-bond donors (Lipinski definition) is 3. The molecule has 0 saturated carbocycles. The second-order valence-electron chi connectivity index (χ2n) is 7.21. The zero-order chi connectivity index (χ0) is 27.8. The molecule has 5 N–H and O–H groups in total. The van der Waals surface area contributed by atoms with E-state index >= 15 is 0 Å². The smallest absolute Gasteiger partial charge is 0.221 e. The first-order chi connectivity index (χ1) is 16.7. The Balaban J connectivity index is -0.000000571. The molecule has 0 fully saturated rings. The fraction of sp³-hybridized carbons (Fsp3) is 0.433. The molecular formula is C30H51N3OS. The van der Waals surface area contributed by atoms with Crippen molar-refractivity contribution in [2.24, 2.45) is 11.5 Å². The first kappa shape index (κ1) is 37.2. The van der Waals surface area contributed by atoms with Crippen molar-refractivity contribution in [1.29, 1.82) is 0 Å². The minimum Gasteiger partial charge on any atom is -0.369 e. The number of allylic oxidation sites excluding steroid dienone is 7. The van der Waals surface area contributed by atoms with E-state index in [4.69, 9.17) is 5.73 Å². The van der Waals surface area contributed by atoms with E-state index in [-0.39, 0.29) is 12.3 Å². The highest BCUT2D eigenvalue weighted by Gasteiger charge is 2.13. The van der Waals surface area contributed by atoms with Crippen LogP contribution >= 0.6 is 11.8 Å². The van der Waals surface area contributed by atoms with Gasteiger partial charge in [0.25, 0.3) is 0 Å². The van der Waals surface area contributed by atoms with Crippen molar-refractivity contribution < 1.29 is 4.79 Å². The topological polar surface area (TPSA) is 81.1 Å². The van der Waals surface area contributed by atoms with Gasteiger partial charge >= 0.3 is 0 Å². The highest BCUT2D eigenvalue weighted by Crippen LogP contribution is 2.29. The van der Waals surface area contributed by atoms with Crippen molar-refractivity contribution in [3.63, 3.8) is 0 Å². The minimum absolute atomic E-state index is 0.257. The molecule has 0 heterocycles. The van der Waals surface area contributed by atoms with Crippen LogP contribution in [0.5, 0.6) is 0 Å². The van der Waals surface area contributed by atoms with Crippen LogP contribution in [0.3, 0.4) is 0 Å². The summed E-state index contributed by atoms with van der Waals surface area (Å²) in [7, 11) is 3.46. The maximum atomic E-state index is 11.4. The van der Waals surface area contributed by atoms with Crippen LogP contribution in [0.15, 0.2) is 88.4 Å². The van der Waals surface area contributed by atoms with Crippen LogP contribution in [0.25, 0.3) is 0 Å². The summed E-state index contributed by atoms with van der Waals surface area (Å²) >= 11 is 1.78. The van der Waals surface area contributed by atoms with Crippen molar-refractivity contribution in [2.75, 3.05) is 20.4 Å². The molecule has 0 aromatic heterocycles. The maximum absolute atomic E-state index is 11.4. The van der Waals surface area contributed by atoms with Crippen molar-refractivity contribution >= 4 is 17.7 Å². The van der Waals surface area contributed by atoms with E-state index in [2.05, 4.69) is 75.5 Å². The third-order valence-corrected chi connectivity index (χ3v) is 5.77. The molecule has 1 aromatic rings. The lowest BCUT2D eigenvalue weighted by Gasteiger charge is -2.17. The lowest BCUT2D eigenvalue weighted by molar-refractivity contribution is -0.117. The van der Waals surface area contributed by atoms with Crippen molar-refractivity contribution in [2.45, 2.75) is 72.2 Å². The van der Waals surface area contributed by atoms with Crippen molar-refractivity contribution in [3.05, 3.63) is 89.1 Å². The Bertz CT molecular complexity index is 819. The molecule has 1 amide bonds. The Labute approximate surface area is 220 Å². The zero-order valence-electron chi connectivity index (χ0n) is 23.8. The summed E-state index contributed by atoms with van der Waals surface area (Å²) in [6, 6.07) is 8.61. The molecule has 0 aliphatic carbocycles. The molecule has 5 heteroatoms. The Kier molecular flexibility index (Phi) is 26.3. The quantitative estimate of drug-likeness (QED) is 0.219. The van der Waals surface area contributed by atoms with Gasteiger partial charge in [0.1, 0.15) is 0 Å². The third kappa shape index (κ3) is 16.8. The number of nitrogens with two attached hydrogens (primary N) is 2.